The lowest BCUT2D eigenvalue weighted by Gasteiger charge is -2.23. The average molecular weight is 341 g/mol. The summed E-state index contributed by atoms with van der Waals surface area (Å²) >= 11 is 0. The van der Waals surface area contributed by atoms with Crippen molar-refractivity contribution in [3.05, 3.63) is 42.2 Å². The van der Waals surface area contributed by atoms with Gasteiger partial charge in [0.2, 0.25) is 11.9 Å². The molecule has 1 amide bonds. The van der Waals surface area contributed by atoms with Crippen LogP contribution < -0.4 is 10.2 Å². The number of anilines is 2. The van der Waals surface area contributed by atoms with Gasteiger partial charge in [-0.05, 0) is 17.9 Å². The van der Waals surface area contributed by atoms with Crippen molar-refractivity contribution in [1.82, 2.24) is 15.0 Å². The zero-order valence-corrected chi connectivity index (χ0v) is 14.7. The Hall–Kier alpha value is -2.70. The van der Waals surface area contributed by atoms with E-state index in [1.54, 1.807) is 0 Å². The summed E-state index contributed by atoms with van der Waals surface area (Å²) in [5.74, 6) is 1.01. The van der Waals surface area contributed by atoms with Crippen LogP contribution in [0.15, 0.2) is 36.7 Å². The standard InChI is InChI=1S/C18H23N5O2/c1-4-14(13-8-6-5-7-9-13)21-16-19-11-20-17(22-16)23-15(12(2)3)10-25-18(23)24/h5-9,11-12,14-15H,4,10H2,1-3H3,(H,19,20,21,22)/t14-,15?/m1/s1. The van der Waals surface area contributed by atoms with Crippen molar-refractivity contribution >= 4 is 18.0 Å². The van der Waals surface area contributed by atoms with E-state index in [9.17, 15) is 4.79 Å². The number of aromatic nitrogens is 3. The van der Waals surface area contributed by atoms with Gasteiger partial charge in [0.25, 0.3) is 0 Å². The fourth-order valence-corrected chi connectivity index (χ4v) is 2.89. The molecule has 1 saturated heterocycles. The largest absolute Gasteiger partial charge is 0.447 e. The van der Waals surface area contributed by atoms with Crippen molar-refractivity contribution in [3.63, 3.8) is 0 Å². The molecule has 2 aromatic rings. The van der Waals surface area contributed by atoms with Crippen LogP contribution in [0.2, 0.25) is 0 Å². The molecule has 0 bridgehead atoms. The molecule has 2 atom stereocenters. The Morgan fingerprint density at radius 3 is 2.72 bits per heavy atom. The molecule has 1 aromatic carbocycles. The van der Waals surface area contributed by atoms with E-state index < -0.39 is 6.09 Å². The van der Waals surface area contributed by atoms with Crippen LogP contribution in [0, 0.1) is 5.92 Å². The fourth-order valence-electron chi connectivity index (χ4n) is 2.89. The molecule has 1 aliphatic heterocycles. The summed E-state index contributed by atoms with van der Waals surface area (Å²) in [4.78, 5) is 26.4. The van der Waals surface area contributed by atoms with E-state index in [2.05, 4.69) is 39.3 Å². The number of ether oxygens (including phenoxy) is 1. The SMILES string of the molecule is CC[C@@H](Nc1ncnc(N2C(=O)OCC2C(C)C)n1)c1ccccc1. The Balaban J connectivity index is 1.83. The minimum Gasteiger partial charge on any atom is -0.447 e. The molecule has 0 radical (unpaired) electrons. The quantitative estimate of drug-likeness (QED) is 0.867. The first-order valence-corrected chi connectivity index (χ1v) is 8.56. The Kier molecular flexibility index (Phi) is 5.11. The maximum atomic E-state index is 12.1. The number of rotatable bonds is 6. The van der Waals surface area contributed by atoms with Gasteiger partial charge in [-0.25, -0.2) is 19.7 Å². The molecule has 3 rings (SSSR count). The van der Waals surface area contributed by atoms with Crippen LogP contribution in [0.5, 0.6) is 0 Å². The first-order valence-electron chi connectivity index (χ1n) is 8.56. The first kappa shape index (κ1) is 17.1. The number of carbonyl (C=O) groups excluding carboxylic acids is 1. The van der Waals surface area contributed by atoms with Crippen LogP contribution in [0.3, 0.4) is 0 Å². The molecule has 0 aliphatic carbocycles. The van der Waals surface area contributed by atoms with Gasteiger partial charge in [0.05, 0.1) is 12.1 Å². The molecule has 132 valence electrons. The molecule has 1 aromatic heterocycles. The molecule has 7 heteroatoms. The summed E-state index contributed by atoms with van der Waals surface area (Å²) in [7, 11) is 0. The molecule has 1 fully saturated rings. The second kappa shape index (κ2) is 7.46. The second-order valence-electron chi connectivity index (χ2n) is 6.38. The molecule has 1 unspecified atom stereocenters. The van der Waals surface area contributed by atoms with E-state index in [1.807, 2.05) is 32.0 Å². The normalized spacial score (nSPS) is 18.3. The summed E-state index contributed by atoms with van der Waals surface area (Å²) in [5, 5.41) is 3.33. The highest BCUT2D eigenvalue weighted by atomic mass is 16.6. The van der Waals surface area contributed by atoms with Crippen molar-refractivity contribution in [2.45, 2.75) is 39.3 Å². The summed E-state index contributed by atoms with van der Waals surface area (Å²) < 4.78 is 5.17. The highest BCUT2D eigenvalue weighted by molar-refractivity contribution is 5.88. The zero-order chi connectivity index (χ0) is 17.8. The Morgan fingerprint density at radius 2 is 2.04 bits per heavy atom. The lowest BCUT2D eigenvalue weighted by Crippen LogP contribution is -2.38. The third-order valence-corrected chi connectivity index (χ3v) is 4.36. The van der Waals surface area contributed by atoms with Crippen LogP contribution in [-0.2, 0) is 4.74 Å². The molecule has 2 heterocycles. The number of hydrogen-bond donors (Lipinski definition) is 1. The Morgan fingerprint density at radius 1 is 1.28 bits per heavy atom. The van der Waals surface area contributed by atoms with Crippen molar-refractivity contribution in [2.24, 2.45) is 5.92 Å². The highest BCUT2D eigenvalue weighted by Gasteiger charge is 2.38. The number of amides is 1. The predicted octanol–water partition coefficient (Wildman–Crippen LogP) is 3.42. The van der Waals surface area contributed by atoms with E-state index in [-0.39, 0.29) is 18.0 Å². The number of benzene rings is 1. The highest BCUT2D eigenvalue weighted by Crippen LogP contribution is 2.25. The molecule has 1 N–H and O–H groups in total. The molecule has 25 heavy (non-hydrogen) atoms. The third kappa shape index (κ3) is 3.70. The maximum Gasteiger partial charge on any atom is 0.417 e. The molecular formula is C18H23N5O2. The first-order chi connectivity index (χ1) is 12.1. The monoisotopic (exact) mass is 341 g/mol. The van der Waals surface area contributed by atoms with Gasteiger partial charge in [-0.2, -0.15) is 4.98 Å². The van der Waals surface area contributed by atoms with Crippen LogP contribution in [0.1, 0.15) is 38.8 Å². The predicted molar refractivity (Wildman–Crippen MR) is 95.4 cm³/mol. The van der Waals surface area contributed by atoms with Gasteiger partial charge in [0.15, 0.2) is 0 Å². The maximum absolute atomic E-state index is 12.1. The van der Waals surface area contributed by atoms with E-state index in [1.165, 1.54) is 11.2 Å². The van der Waals surface area contributed by atoms with E-state index in [0.717, 1.165) is 12.0 Å². The number of nitrogens with one attached hydrogen (secondary N) is 1. The van der Waals surface area contributed by atoms with Gasteiger partial charge >= 0.3 is 6.09 Å². The number of cyclic esters (lactones) is 1. The summed E-state index contributed by atoms with van der Waals surface area (Å²) in [6, 6.07) is 10.1. The number of carbonyl (C=O) groups is 1. The molecule has 1 aliphatic rings. The lowest BCUT2D eigenvalue weighted by molar-refractivity contribution is 0.177. The van der Waals surface area contributed by atoms with Gasteiger partial charge in [-0.1, -0.05) is 51.1 Å². The smallest absolute Gasteiger partial charge is 0.417 e. The molecule has 0 spiro atoms. The van der Waals surface area contributed by atoms with Crippen LogP contribution in [-0.4, -0.2) is 33.7 Å². The van der Waals surface area contributed by atoms with Gasteiger partial charge < -0.3 is 10.1 Å². The average Bonchev–Trinajstić information content (AvgIpc) is 3.02. The zero-order valence-electron chi connectivity index (χ0n) is 14.7. The van der Waals surface area contributed by atoms with Gasteiger partial charge in [0, 0.05) is 0 Å². The Bertz CT molecular complexity index is 722. The van der Waals surface area contributed by atoms with Gasteiger partial charge in [-0.3, -0.25) is 0 Å². The third-order valence-electron chi connectivity index (χ3n) is 4.36. The van der Waals surface area contributed by atoms with Gasteiger partial charge in [-0.15, -0.1) is 0 Å². The Labute approximate surface area is 147 Å². The topological polar surface area (TPSA) is 80.2 Å². The van der Waals surface area contributed by atoms with Crippen molar-refractivity contribution in [3.8, 4) is 0 Å². The summed E-state index contributed by atoms with van der Waals surface area (Å²) in [6.45, 7) is 6.54. The summed E-state index contributed by atoms with van der Waals surface area (Å²) in [5.41, 5.74) is 1.16. The van der Waals surface area contributed by atoms with Crippen molar-refractivity contribution in [2.75, 3.05) is 16.8 Å². The van der Waals surface area contributed by atoms with Crippen molar-refractivity contribution < 1.29 is 9.53 Å². The minimum absolute atomic E-state index is 0.0705. The number of nitrogens with zero attached hydrogens (tertiary/aromatic N) is 4. The van der Waals surface area contributed by atoms with E-state index >= 15 is 0 Å². The van der Waals surface area contributed by atoms with Crippen LogP contribution in [0.25, 0.3) is 0 Å². The van der Waals surface area contributed by atoms with Crippen molar-refractivity contribution in [1.29, 1.82) is 0 Å². The van der Waals surface area contributed by atoms with E-state index in [4.69, 9.17) is 4.74 Å². The van der Waals surface area contributed by atoms with Crippen LogP contribution in [0.4, 0.5) is 16.7 Å². The van der Waals surface area contributed by atoms with Gasteiger partial charge in [0.1, 0.15) is 12.9 Å². The second-order valence-corrected chi connectivity index (χ2v) is 6.38. The molecule has 7 nitrogen and oxygen atoms in total. The summed E-state index contributed by atoms with van der Waals surface area (Å²) in [6.07, 6.45) is 1.89. The fraction of sp³-hybridized carbons (Fsp3) is 0.444. The number of hydrogen-bond acceptors (Lipinski definition) is 6. The molecule has 0 saturated carbocycles. The van der Waals surface area contributed by atoms with E-state index in [0.29, 0.717) is 18.5 Å². The lowest BCUT2D eigenvalue weighted by atomic mass is 10.1. The molecular weight excluding hydrogens is 318 g/mol. The van der Waals surface area contributed by atoms with Crippen LogP contribution >= 0.6 is 0 Å². The minimum atomic E-state index is -0.411.